The Hall–Kier alpha value is -0.640. The Labute approximate surface area is 79.7 Å². The van der Waals surface area contributed by atoms with Crippen LogP contribution in [0.25, 0.3) is 6.08 Å². The van der Waals surface area contributed by atoms with Crippen molar-refractivity contribution in [1.82, 2.24) is 9.97 Å². The smallest absolute Gasteiger partial charge is 0.141 e. The highest BCUT2D eigenvalue weighted by Gasteiger charge is 2.02. The van der Waals surface area contributed by atoms with Gasteiger partial charge < -0.3 is 5.11 Å². The Morgan fingerprint density at radius 2 is 1.92 bits per heavy atom. The Morgan fingerprint density at radius 3 is 2.42 bits per heavy atom. The van der Waals surface area contributed by atoms with Crippen LogP contribution in [0.5, 0.6) is 0 Å². The van der Waals surface area contributed by atoms with Crippen LogP contribution in [0.3, 0.4) is 0 Å². The molecule has 64 valence electrons. The molecule has 0 amide bonds. The summed E-state index contributed by atoms with van der Waals surface area (Å²) in [6.07, 6.45) is 4.36. The van der Waals surface area contributed by atoms with Crippen LogP contribution in [0.1, 0.15) is 5.56 Å². The van der Waals surface area contributed by atoms with Crippen LogP contribution >= 0.6 is 23.2 Å². The second-order valence-corrected chi connectivity index (χ2v) is 2.67. The van der Waals surface area contributed by atoms with Gasteiger partial charge in [0, 0.05) is 5.56 Å². The average molecular weight is 205 g/mol. The predicted molar refractivity (Wildman–Crippen MR) is 48.2 cm³/mol. The number of nitrogens with zero attached hydrogens (tertiary/aromatic N) is 2. The molecule has 0 saturated carbocycles. The molecular formula is C7H6Cl2N2O. The first-order valence-electron chi connectivity index (χ1n) is 3.19. The monoisotopic (exact) mass is 204 g/mol. The van der Waals surface area contributed by atoms with Gasteiger partial charge in [-0.05, 0) is 0 Å². The number of hydrogen-bond donors (Lipinski definition) is 1. The van der Waals surface area contributed by atoms with E-state index in [-0.39, 0.29) is 16.9 Å². The first kappa shape index (κ1) is 9.45. The summed E-state index contributed by atoms with van der Waals surface area (Å²) < 4.78 is 0. The number of aliphatic hydroxyl groups is 1. The molecule has 3 nitrogen and oxygen atoms in total. The SMILES string of the molecule is OCC=Cc1c(Cl)ncnc1Cl. The first-order valence-corrected chi connectivity index (χ1v) is 3.94. The molecule has 0 unspecified atom stereocenters. The minimum Gasteiger partial charge on any atom is -0.392 e. The molecule has 0 radical (unpaired) electrons. The zero-order chi connectivity index (χ0) is 8.97. The van der Waals surface area contributed by atoms with E-state index in [4.69, 9.17) is 28.3 Å². The second-order valence-electron chi connectivity index (χ2n) is 1.95. The van der Waals surface area contributed by atoms with Crippen molar-refractivity contribution in [2.75, 3.05) is 6.61 Å². The summed E-state index contributed by atoms with van der Waals surface area (Å²) in [7, 11) is 0. The van der Waals surface area contributed by atoms with E-state index < -0.39 is 0 Å². The summed E-state index contributed by atoms with van der Waals surface area (Å²) in [5, 5.41) is 9.05. The fourth-order valence-corrected chi connectivity index (χ4v) is 1.10. The summed E-state index contributed by atoms with van der Waals surface area (Å²) in [6.45, 7) is -0.0679. The number of hydrogen-bond acceptors (Lipinski definition) is 3. The molecule has 0 aliphatic carbocycles. The molecule has 0 saturated heterocycles. The molecular weight excluding hydrogens is 199 g/mol. The number of aromatic nitrogens is 2. The summed E-state index contributed by atoms with van der Waals surface area (Å²) in [4.78, 5) is 7.46. The summed E-state index contributed by atoms with van der Waals surface area (Å²) in [5.41, 5.74) is 0.523. The van der Waals surface area contributed by atoms with Gasteiger partial charge in [0.05, 0.1) is 6.61 Å². The van der Waals surface area contributed by atoms with Gasteiger partial charge in [-0.3, -0.25) is 0 Å². The lowest BCUT2D eigenvalue weighted by atomic mass is 10.3. The molecule has 1 aromatic rings. The van der Waals surface area contributed by atoms with Crippen molar-refractivity contribution in [3.8, 4) is 0 Å². The largest absolute Gasteiger partial charge is 0.392 e. The molecule has 0 bridgehead atoms. The maximum absolute atomic E-state index is 8.50. The van der Waals surface area contributed by atoms with Gasteiger partial charge in [-0.1, -0.05) is 35.4 Å². The molecule has 1 aromatic heterocycles. The predicted octanol–water partition coefficient (Wildman–Crippen LogP) is 1.79. The fourth-order valence-electron chi connectivity index (χ4n) is 0.663. The summed E-state index contributed by atoms with van der Waals surface area (Å²) in [5.74, 6) is 0. The highest BCUT2D eigenvalue weighted by molar-refractivity contribution is 6.35. The van der Waals surface area contributed by atoms with Crippen LogP contribution < -0.4 is 0 Å². The van der Waals surface area contributed by atoms with Crippen LogP contribution in [0.4, 0.5) is 0 Å². The third-order valence-electron chi connectivity index (χ3n) is 1.18. The summed E-state index contributed by atoms with van der Waals surface area (Å²) in [6, 6.07) is 0. The standard InChI is InChI=1S/C7H6Cl2N2O/c8-6-5(2-1-3-12)7(9)11-4-10-6/h1-2,4,12H,3H2. The lowest BCUT2D eigenvalue weighted by Gasteiger charge is -1.97. The van der Waals surface area contributed by atoms with Gasteiger partial charge in [0.15, 0.2) is 0 Å². The molecule has 1 rings (SSSR count). The molecule has 0 fully saturated rings. The van der Waals surface area contributed by atoms with E-state index in [1.54, 1.807) is 6.08 Å². The Kier molecular flexibility index (Phi) is 3.47. The maximum Gasteiger partial charge on any atom is 0.141 e. The Balaban J connectivity index is 3.04. The van der Waals surface area contributed by atoms with Gasteiger partial charge in [-0.15, -0.1) is 0 Å². The van der Waals surface area contributed by atoms with E-state index in [2.05, 4.69) is 9.97 Å². The van der Waals surface area contributed by atoms with Crippen molar-refractivity contribution >= 4 is 29.3 Å². The van der Waals surface area contributed by atoms with E-state index in [1.807, 2.05) is 0 Å². The van der Waals surface area contributed by atoms with Crippen LogP contribution in [0.15, 0.2) is 12.4 Å². The van der Waals surface area contributed by atoms with Crippen molar-refractivity contribution in [2.24, 2.45) is 0 Å². The highest BCUT2D eigenvalue weighted by Crippen LogP contribution is 2.20. The van der Waals surface area contributed by atoms with E-state index in [9.17, 15) is 0 Å². The minimum atomic E-state index is -0.0679. The van der Waals surface area contributed by atoms with Crippen LogP contribution in [-0.2, 0) is 0 Å². The van der Waals surface area contributed by atoms with Crippen molar-refractivity contribution in [3.63, 3.8) is 0 Å². The topological polar surface area (TPSA) is 46.0 Å². The fraction of sp³-hybridized carbons (Fsp3) is 0.143. The third-order valence-corrected chi connectivity index (χ3v) is 1.78. The van der Waals surface area contributed by atoms with E-state index in [1.165, 1.54) is 12.4 Å². The molecule has 1 N–H and O–H groups in total. The number of rotatable bonds is 2. The molecule has 0 atom stereocenters. The number of aliphatic hydroxyl groups excluding tert-OH is 1. The van der Waals surface area contributed by atoms with Crippen LogP contribution in [-0.4, -0.2) is 21.7 Å². The zero-order valence-corrected chi connectivity index (χ0v) is 7.55. The molecule has 0 aliphatic heterocycles. The van der Waals surface area contributed by atoms with E-state index in [0.717, 1.165) is 0 Å². The molecule has 12 heavy (non-hydrogen) atoms. The quantitative estimate of drug-likeness (QED) is 0.748. The molecule has 5 heteroatoms. The minimum absolute atomic E-state index is 0.0679. The van der Waals surface area contributed by atoms with Crippen molar-refractivity contribution in [1.29, 1.82) is 0 Å². The van der Waals surface area contributed by atoms with Gasteiger partial charge >= 0.3 is 0 Å². The van der Waals surface area contributed by atoms with Gasteiger partial charge in [-0.25, -0.2) is 9.97 Å². The average Bonchev–Trinajstić information content (AvgIpc) is 2.04. The maximum atomic E-state index is 8.50. The Bertz CT molecular complexity index is 281. The van der Waals surface area contributed by atoms with E-state index in [0.29, 0.717) is 5.56 Å². The summed E-state index contributed by atoms with van der Waals surface area (Å²) >= 11 is 11.4. The lowest BCUT2D eigenvalue weighted by molar-refractivity contribution is 0.343. The second kappa shape index (κ2) is 4.40. The number of halogens is 2. The molecule has 0 spiro atoms. The molecule has 0 aliphatic rings. The van der Waals surface area contributed by atoms with Crippen molar-refractivity contribution in [2.45, 2.75) is 0 Å². The first-order chi connectivity index (χ1) is 5.75. The van der Waals surface area contributed by atoms with Crippen LogP contribution in [0, 0.1) is 0 Å². The third kappa shape index (κ3) is 2.17. The van der Waals surface area contributed by atoms with Gasteiger partial charge in [0.1, 0.15) is 16.6 Å². The normalized spacial score (nSPS) is 10.9. The van der Waals surface area contributed by atoms with Gasteiger partial charge in [-0.2, -0.15) is 0 Å². The van der Waals surface area contributed by atoms with Gasteiger partial charge in [0.25, 0.3) is 0 Å². The van der Waals surface area contributed by atoms with Crippen molar-refractivity contribution < 1.29 is 5.11 Å². The van der Waals surface area contributed by atoms with E-state index >= 15 is 0 Å². The van der Waals surface area contributed by atoms with Gasteiger partial charge in [0.2, 0.25) is 0 Å². The Morgan fingerprint density at radius 1 is 1.33 bits per heavy atom. The highest BCUT2D eigenvalue weighted by atomic mass is 35.5. The molecule has 1 heterocycles. The van der Waals surface area contributed by atoms with Crippen molar-refractivity contribution in [3.05, 3.63) is 28.3 Å². The molecule has 0 aromatic carbocycles. The lowest BCUT2D eigenvalue weighted by Crippen LogP contribution is -1.86. The van der Waals surface area contributed by atoms with Crippen LogP contribution in [0.2, 0.25) is 10.3 Å². The zero-order valence-electron chi connectivity index (χ0n) is 6.04.